The Morgan fingerprint density at radius 2 is 1.94 bits per heavy atom. The number of carbonyl (C=O) groups excluding carboxylic acids is 1. The monoisotopic (exact) mass is 242 g/mol. The lowest BCUT2D eigenvalue weighted by Gasteiger charge is -2.19. The average molecular weight is 242 g/mol. The molecule has 5 nitrogen and oxygen atoms in total. The lowest BCUT2D eigenvalue weighted by Crippen LogP contribution is -2.42. The van der Waals surface area contributed by atoms with Crippen LogP contribution in [-0.4, -0.2) is 35.7 Å². The molecule has 94 valence electrons. The Hall–Kier alpha value is -1.31. The second kappa shape index (κ2) is 5.69. The van der Waals surface area contributed by atoms with Gasteiger partial charge in [0.25, 0.3) is 0 Å². The second-order valence-electron chi connectivity index (χ2n) is 3.41. The molecule has 0 aromatic carbocycles. The maximum atomic E-state index is 12.2. The number of primary amides is 1. The predicted molar refractivity (Wildman–Crippen MR) is 48.5 cm³/mol. The van der Waals surface area contributed by atoms with E-state index in [0.717, 1.165) is 0 Å². The highest BCUT2D eigenvalue weighted by Crippen LogP contribution is 2.25. The number of rotatable bonds is 6. The number of hydrogen-bond donors (Lipinski definition) is 3. The molecule has 0 aliphatic heterocycles. The van der Waals surface area contributed by atoms with Crippen LogP contribution >= 0.6 is 0 Å². The molecular weight excluding hydrogens is 229 g/mol. The van der Waals surface area contributed by atoms with Gasteiger partial charge >= 0.3 is 12.1 Å². The van der Waals surface area contributed by atoms with Gasteiger partial charge in [0, 0.05) is 19.0 Å². The molecule has 1 amide bonds. The van der Waals surface area contributed by atoms with Crippen LogP contribution in [0.15, 0.2) is 0 Å². The molecule has 0 heterocycles. The maximum absolute atomic E-state index is 12.2. The number of alkyl halides is 3. The Morgan fingerprint density at radius 3 is 2.25 bits per heavy atom. The number of carboxylic acids is 1. The van der Waals surface area contributed by atoms with Crippen molar-refractivity contribution < 1.29 is 27.9 Å². The summed E-state index contributed by atoms with van der Waals surface area (Å²) < 4.78 is 36.5. The first-order chi connectivity index (χ1) is 7.14. The first-order valence-corrected chi connectivity index (χ1v) is 4.45. The Kier molecular flexibility index (Phi) is 5.22. The number of nitrogens with one attached hydrogen (secondary N) is 1. The summed E-state index contributed by atoms with van der Waals surface area (Å²) >= 11 is 0. The smallest absolute Gasteiger partial charge is 0.403 e. The first kappa shape index (κ1) is 14.7. The summed E-state index contributed by atoms with van der Waals surface area (Å²) in [6.07, 6.45) is -4.96. The number of halogens is 3. The van der Waals surface area contributed by atoms with Gasteiger partial charge in [0.05, 0.1) is 0 Å². The molecule has 0 aromatic rings. The summed E-state index contributed by atoms with van der Waals surface area (Å²) in [4.78, 5) is 20.8. The largest absolute Gasteiger partial charge is 0.481 e. The zero-order valence-electron chi connectivity index (χ0n) is 8.54. The summed E-state index contributed by atoms with van der Waals surface area (Å²) in [5.41, 5.74) is 4.83. The molecule has 0 saturated carbocycles. The van der Waals surface area contributed by atoms with E-state index >= 15 is 0 Å². The van der Waals surface area contributed by atoms with Gasteiger partial charge in [-0.1, -0.05) is 0 Å². The molecule has 0 aliphatic rings. The van der Waals surface area contributed by atoms with Crippen LogP contribution in [0.2, 0.25) is 0 Å². The van der Waals surface area contributed by atoms with Crippen molar-refractivity contribution in [1.82, 2.24) is 5.32 Å². The molecule has 8 heteroatoms. The van der Waals surface area contributed by atoms with Gasteiger partial charge in [-0.2, -0.15) is 13.2 Å². The van der Waals surface area contributed by atoms with Gasteiger partial charge in [-0.05, 0) is 6.92 Å². The molecule has 0 saturated heterocycles. The highest BCUT2D eigenvalue weighted by atomic mass is 19.4. The fraction of sp³-hybridized carbons (Fsp3) is 0.750. The van der Waals surface area contributed by atoms with E-state index in [0.29, 0.717) is 0 Å². The van der Waals surface area contributed by atoms with Gasteiger partial charge in [0.2, 0.25) is 5.91 Å². The Morgan fingerprint density at radius 1 is 1.44 bits per heavy atom. The van der Waals surface area contributed by atoms with E-state index in [1.807, 2.05) is 0 Å². The minimum atomic E-state index is -4.81. The van der Waals surface area contributed by atoms with Crippen LogP contribution in [0, 0.1) is 5.92 Å². The van der Waals surface area contributed by atoms with Crippen LogP contribution in [0.3, 0.4) is 0 Å². The van der Waals surface area contributed by atoms with E-state index in [2.05, 4.69) is 5.32 Å². The first-order valence-electron chi connectivity index (χ1n) is 4.45. The fourth-order valence-electron chi connectivity index (χ4n) is 1.04. The zero-order chi connectivity index (χ0) is 12.9. The van der Waals surface area contributed by atoms with Gasteiger partial charge in [-0.3, -0.25) is 9.59 Å². The third-order valence-corrected chi connectivity index (χ3v) is 1.87. The van der Waals surface area contributed by atoms with E-state index < -0.39 is 36.6 Å². The summed E-state index contributed by atoms with van der Waals surface area (Å²) in [7, 11) is 0. The molecule has 2 unspecified atom stereocenters. The van der Waals surface area contributed by atoms with Crippen molar-refractivity contribution >= 4 is 11.9 Å². The number of carboxylic acid groups (broad SMARTS) is 1. The van der Waals surface area contributed by atoms with Crippen LogP contribution in [0.25, 0.3) is 0 Å². The normalized spacial score (nSPS) is 15.5. The van der Waals surface area contributed by atoms with E-state index in [4.69, 9.17) is 10.8 Å². The van der Waals surface area contributed by atoms with Crippen molar-refractivity contribution in [2.45, 2.75) is 25.6 Å². The van der Waals surface area contributed by atoms with Crippen molar-refractivity contribution in [2.75, 3.05) is 6.54 Å². The zero-order valence-corrected chi connectivity index (χ0v) is 8.54. The van der Waals surface area contributed by atoms with Gasteiger partial charge in [0.15, 0.2) is 5.92 Å². The Balaban J connectivity index is 4.24. The summed E-state index contributed by atoms with van der Waals surface area (Å²) in [5.74, 6) is -5.10. The molecular formula is C8H13F3N2O3. The third kappa shape index (κ3) is 5.54. The number of hydrogen-bond acceptors (Lipinski definition) is 3. The standard InChI is InChI=1S/C8H13F3N2O3/c1-4(2-6(12)14)13-3-5(7(15)16)8(9,10)11/h4-5,13H,2-3H2,1H3,(H2,12,14)(H,15,16). The van der Waals surface area contributed by atoms with Crippen molar-refractivity contribution in [3.63, 3.8) is 0 Å². The quantitative estimate of drug-likeness (QED) is 0.616. The highest BCUT2D eigenvalue weighted by Gasteiger charge is 2.44. The topological polar surface area (TPSA) is 92.4 Å². The van der Waals surface area contributed by atoms with Crippen LogP contribution in [0.4, 0.5) is 13.2 Å². The lowest BCUT2D eigenvalue weighted by molar-refractivity contribution is -0.192. The predicted octanol–water partition coefficient (Wildman–Crippen LogP) is 0.103. The van der Waals surface area contributed by atoms with E-state index in [1.165, 1.54) is 6.92 Å². The van der Waals surface area contributed by atoms with Crippen LogP contribution in [0.1, 0.15) is 13.3 Å². The number of aliphatic carboxylic acids is 1. The number of nitrogens with two attached hydrogens (primary N) is 1. The molecule has 0 aliphatic carbocycles. The summed E-state index contributed by atoms with van der Waals surface area (Å²) in [6, 6.07) is -0.596. The molecule has 16 heavy (non-hydrogen) atoms. The van der Waals surface area contributed by atoms with Gasteiger partial charge in [-0.15, -0.1) is 0 Å². The van der Waals surface area contributed by atoms with Gasteiger partial charge < -0.3 is 16.2 Å². The van der Waals surface area contributed by atoms with Crippen LogP contribution in [0.5, 0.6) is 0 Å². The Bertz CT molecular complexity index is 268. The molecule has 0 bridgehead atoms. The number of carbonyl (C=O) groups is 2. The number of amides is 1. The van der Waals surface area contributed by atoms with Gasteiger partial charge in [0.1, 0.15) is 0 Å². The molecule has 0 fully saturated rings. The summed E-state index contributed by atoms with van der Waals surface area (Å²) in [5, 5.41) is 10.7. The van der Waals surface area contributed by atoms with Crippen molar-refractivity contribution in [2.24, 2.45) is 11.7 Å². The average Bonchev–Trinajstić information content (AvgIpc) is 1.98. The minimum Gasteiger partial charge on any atom is -0.481 e. The van der Waals surface area contributed by atoms with Gasteiger partial charge in [-0.25, -0.2) is 0 Å². The molecule has 0 radical (unpaired) electrons. The maximum Gasteiger partial charge on any atom is 0.403 e. The van der Waals surface area contributed by atoms with Crippen molar-refractivity contribution in [3.8, 4) is 0 Å². The Labute approximate surface area is 89.8 Å². The van der Waals surface area contributed by atoms with Crippen LogP contribution < -0.4 is 11.1 Å². The van der Waals surface area contributed by atoms with E-state index in [-0.39, 0.29) is 6.42 Å². The van der Waals surface area contributed by atoms with E-state index in [9.17, 15) is 22.8 Å². The molecule has 0 rings (SSSR count). The van der Waals surface area contributed by atoms with Crippen molar-refractivity contribution in [3.05, 3.63) is 0 Å². The lowest BCUT2D eigenvalue weighted by atomic mass is 10.1. The molecule has 2 atom stereocenters. The molecule has 0 aromatic heterocycles. The summed E-state index contributed by atoms with van der Waals surface area (Å²) in [6.45, 7) is 0.660. The van der Waals surface area contributed by atoms with Crippen molar-refractivity contribution in [1.29, 1.82) is 0 Å². The fourth-order valence-corrected chi connectivity index (χ4v) is 1.04. The molecule has 4 N–H and O–H groups in total. The highest BCUT2D eigenvalue weighted by molar-refractivity contribution is 5.74. The van der Waals surface area contributed by atoms with E-state index in [1.54, 1.807) is 0 Å². The molecule has 0 spiro atoms. The second-order valence-corrected chi connectivity index (χ2v) is 3.41. The minimum absolute atomic E-state index is 0.149. The third-order valence-electron chi connectivity index (χ3n) is 1.87. The SMILES string of the molecule is CC(CC(N)=O)NCC(C(=O)O)C(F)(F)F. The van der Waals surface area contributed by atoms with Crippen LogP contribution in [-0.2, 0) is 9.59 Å².